The van der Waals surface area contributed by atoms with E-state index in [1.807, 2.05) is 12.1 Å². The number of nitrogens with two attached hydrogens (primary N) is 2. The van der Waals surface area contributed by atoms with Crippen molar-refractivity contribution in [2.24, 2.45) is 5.73 Å². The van der Waals surface area contributed by atoms with Crippen LogP contribution in [0.4, 0.5) is 10.2 Å². The summed E-state index contributed by atoms with van der Waals surface area (Å²) in [5.41, 5.74) is 13.1. The summed E-state index contributed by atoms with van der Waals surface area (Å²) in [5, 5.41) is 13.5. The zero-order valence-corrected chi connectivity index (χ0v) is 32.3. The summed E-state index contributed by atoms with van der Waals surface area (Å²) in [6.45, 7) is 1.68. The Kier molecular flexibility index (Phi) is 18.1. The number of aromatic nitrogens is 3. The van der Waals surface area contributed by atoms with Gasteiger partial charge in [0.25, 0.3) is 0 Å². The first-order valence-electron chi connectivity index (χ1n) is 19.6. The minimum Gasteiger partial charge on any atom is -0.382 e. The molecular formula is C39H60FN6O6P. The van der Waals surface area contributed by atoms with Crippen molar-refractivity contribution in [2.45, 2.75) is 153 Å². The Labute approximate surface area is 314 Å². The molecule has 294 valence electrons. The second kappa shape index (κ2) is 22.4. The Hall–Kier alpha value is -2.95. The van der Waals surface area contributed by atoms with Gasteiger partial charge in [-0.3, -0.25) is 9.05 Å². The number of rotatable bonds is 27. The van der Waals surface area contributed by atoms with Crippen LogP contribution in [0.25, 0.3) is 5.52 Å². The Morgan fingerprint density at radius 2 is 1.66 bits per heavy atom. The van der Waals surface area contributed by atoms with Crippen LogP contribution in [0.1, 0.15) is 152 Å². The van der Waals surface area contributed by atoms with Gasteiger partial charge >= 0.3 is 7.82 Å². The summed E-state index contributed by atoms with van der Waals surface area (Å²) in [5.74, 6) is -0.193. The first-order valence-corrected chi connectivity index (χ1v) is 21.1. The van der Waals surface area contributed by atoms with Gasteiger partial charge in [0.2, 0.25) is 0 Å². The number of unbranched alkanes of at least 4 members (excludes halogenated alkanes) is 15. The van der Waals surface area contributed by atoms with E-state index in [-0.39, 0.29) is 25.4 Å². The highest BCUT2D eigenvalue weighted by atomic mass is 31.2. The smallest absolute Gasteiger partial charge is 0.382 e. The molecule has 0 aliphatic carbocycles. The van der Waals surface area contributed by atoms with Crippen LogP contribution < -0.4 is 11.5 Å². The Bertz CT molecular complexity index is 1620. The number of phosphoric ester groups is 1. The van der Waals surface area contributed by atoms with Crippen LogP contribution in [0.3, 0.4) is 0 Å². The summed E-state index contributed by atoms with van der Waals surface area (Å²) in [4.78, 5) is 14.6. The van der Waals surface area contributed by atoms with Gasteiger partial charge < -0.3 is 25.8 Å². The number of fused-ring (bicyclic) bond motifs is 1. The SMILES string of the molecule is CCCCCCCCCCCCCCCCCC[C@H](COP(=O)(O)OC[C@]1(N)CC[C@H](c2ccc3c(N)ncnn23)O1)OCc1cc(F)cc(C#N)c1. The maximum atomic E-state index is 14.0. The van der Waals surface area contributed by atoms with Gasteiger partial charge in [-0.15, -0.1) is 0 Å². The monoisotopic (exact) mass is 758 g/mol. The number of nitrogens with zero attached hydrogens (tertiary/aromatic N) is 4. The topological polar surface area (TPSA) is 180 Å². The molecule has 1 aliphatic rings. The van der Waals surface area contributed by atoms with E-state index in [1.54, 1.807) is 16.6 Å². The van der Waals surface area contributed by atoms with Crippen molar-refractivity contribution >= 4 is 19.2 Å². The second-order valence-corrected chi connectivity index (χ2v) is 15.9. The molecule has 4 atom stereocenters. The van der Waals surface area contributed by atoms with E-state index < -0.39 is 31.6 Å². The molecular weight excluding hydrogens is 698 g/mol. The van der Waals surface area contributed by atoms with Crippen molar-refractivity contribution in [3.8, 4) is 6.07 Å². The normalized spacial score (nSPS) is 19.0. The van der Waals surface area contributed by atoms with Crippen LogP contribution >= 0.6 is 7.82 Å². The van der Waals surface area contributed by atoms with Crippen molar-refractivity contribution in [2.75, 3.05) is 18.9 Å². The summed E-state index contributed by atoms with van der Waals surface area (Å²) in [7, 11) is -4.54. The molecule has 53 heavy (non-hydrogen) atoms. The van der Waals surface area contributed by atoms with Crippen molar-refractivity contribution in [3.05, 3.63) is 59.3 Å². The van der Waals surface area contributed by atoms with Crippen LogP contribution in [0.15, 0.2) is 36.7 Å². The molecule has 1 saturated heterocycles. The van der Waals surface area contributed by atoms with Crippen LogP contribution in [0, 0.1) is 17.1 Å². The quantitative estimate of drug-likeness (QED) is 0.0498. The highest BCUT2D eigenvalue weighted by Gasteiger charge is 2.41. The van der Waals surface area contributed by atoms with Gasteiger partial charge in [-0.1, -0.05) is 110 Å². The van der Waals surface area contributed by atoms with Crippen LogP contribution in [-0.2, 0) is 29.7 Å². The Balaban J connectivity index is 1.17. The summed E-state index contributed by atoms with van der Waals surface area (Å²) >= 11 is 0. The number of phosphoric acid groups is 1. The minimum absolute atomic E-state index is 0.0159. The molecule has 4 rings (SSSR count). The Morgan fingerprint density at radius 3 is 2.30 bits per heavy atom. The lowest BCUT2D eigenvalue weighted by molar-refractivity contribution is -0.0739. The largest absolute Gasteiger partial charge is 0.472 e. The molecule has 12 nitrogen and oxygen atoms in total. The van der Waals surface area contributed by atoms with Crippen molar-refractivity contribution in [3.63, 3.8) is 0 Å². The van der Waals surface area contributed by atoms with Crippen molar-refractivity contribution < 1.29 is 32.4 Å². The molecule has 0 spiro atoms. The number of hydrogen-bond acceptors (Lipinski definition) is 10. The molecule has 0 saturated carbocycles. The average Bonchev–Trinajstić information content (AvgIpc) is 3.76. The number of anilines is 1. The van der Waals surface area contributed by atoms with E-state index >= 15 is 0 Å². The molecule has 14 heteroatoms. The van der Waals surface area contributed by atoms with E-state index in [4.69, 9.17) is 30.0 Å². The fourth-order valence-electron chi connectivity index (χ4n) is 6.86. The number of nitriles is 1. The summed E-state index contributed by atoms with van der Waals surface area (Å²) in [6.07, 6.45) is 22.0. The molecule has 5 N–H and O–H groups in total. The zero-order chi connectivity index (χ0) is 37.9. The van der Waals surface area contributed by atoms with E-state index in [2.05, 4.69) is 17.0 Å². The van der Waals surface area contributed by atoms with Crippen LogP contribution in [0.5, 0.6) is 0 Å². The lowest BCUT2D eigenvalue weighted by Crippen LogP contribution is -2.43. The first kappa shape index (κ1) is 42.8. The van der Waals surface area contributed by atoms with E-state index in [0.29, 0.717) is 36.2 Å². The Morgan fingerprint density at radius 1 is 1.02 bits per heavy atom. The van der Waals surface area contributed by atoms with E-state index in [0.717, 1.165) is 31.0 Å². The van der Waals surface area contributed by atoms with Crippen LogP contribution in [0.2, 0.25) is 0 Å². The molecule has 0 bridgehead atoms. The molecule has 0 amide bonds. The number of nitrogen functional groups attached to an aromatic ring is 1. The maximum absolute atomic E-state index is 14.0. The van der Waals surface area contributed by atoms with Gasteiger partial charge in [0.05, 0.1) is 36.6 Å². The third-order valence-electron chi connectivity index (χ3n) is 9.90. The van der Waals surface area contributed by atoms with Gasteiger partial charge in [-0.25, -0.2) is 18.5 Å². The van der Waals surface area contributed by atoms with Gasteiger partial charge in [0.1, 0.15) is 36.1 Å². The lowest BCUT2D eigenvalue weighted by atomic mass is 10.0. The second-order valence-electron chi connectivity index (χ2n) is 14.4. The average molecular weight is 759 g/mol. The summed E-state index contributed by atoms with van der Waals surface area (Å²) < 4.78 is 51.5. The number of halogens is 1. The molecule has 3 heterocycles. The van der Waals surface area contributed by atoms with Gasteiger partial charge in [-0.2, -0.15) is 10.4 Å². The number of hydrogen-bond donors (Lipinski definition) is 3. The fraction of sp³-hybridized carbons (Fsp3) is 0.667. The fourth-order valence-corrected chi connectivity index (χ4v) is 7.67. The molecule has 3 aromatic rings. The maximum Gasteiger partial charge on any atom is 0.472 e. The predicted octanol–water partition coefficient (Wildman–Crippen LogP) is 9.20. The van der Waals surface area contributed by atoms with Gasteiger partial charge in [-0.05, 0) is 55.2 Å². The highest BCUT2D eigenvalue weighted by molar-refractivity contribution is 7.47. The molecule has 1 unspecified atom stereocenters. The van der Waals surface area contributed by atoms with Crippen molar-refractivity contribution in [1.29, 1.82) is 5.26 Å². The highest BCUT2D eigenvalue weighted by Crippen LogP contribution is 2.46. The lowest BCUT2D eigenvalue weighted by Gasteiger charge is -2.26. The van der Waals surface area contributed by atoms with E-state index in [9.17, 15) is 19.1 Å². The third-order valence-corrected chi connectivity index (χ3v) is 10.8. The molecule has 0 radical (unpaired) electrons. The van der Waals surface area contributed by atoms with Crippen LogP contribution in [-0.4, -0.2) is 44.5 Å². The molecule has 2 aromatic heterocycles. The van der Waals surface area contributed by atoms with E-state index in [1.165, 1.54) is 95.9 Å². The molecule has 1 fully saturated rings. The zero-order valence-electron chi connectivity index (χ0n) is 31.4. The standard InChI is InChI=1S/C39H60FN6O6P/c1-2-3-4-5-6-7-8-9-10-11-12-13-14-15-16-17-18-34(49-27-32-23-31(26-41)24-33(40)25-32)28-50-53(47,48)51-29-39(43)22-21-37(52-39)35-19-20-36-38(42)44-30-45-46(35)36/h19-20,23-25,30,34,37H,2-18,21-22,27-29,43H2,1H3,(H,47,48)(H2,42,44,45)/t34-,37-,39+/m1/s1. The number of benzene rings is 1. The van der Waals surface area contributed by atoms with Gasteiger partial charge in [0, 0.05) is 0 Å². The first-order chi connectivity index (χ1) is 25.6. The summed E-state index contributed by atoms with van der Waals surface area (Å²) in [6, 6.07) is 9.61. The van der Waals surface area contributed by atoms with Gasteiger partial charge in [0.15, 0.2) is 5.82 Å². The minimum atomic E-state index is -4.54. The molecule has 1 aliphatic heterocycles. The number of ether oxygens (including phenoxy) is 2. The predicted molar refractivity (Wildman–Crippen MR) is 203 cm³/mol. The third kappa shape index (κ3) is 15.0. The van der Waals surface area contributed by atoms with Crippen molar-refractivity contribution in [1.82, 2.24) is 14.6 Å². The molecule has 1 aromatic carbocycles.